The van der Waals surface area contributed by atoms with Crippen LogP contribution in [0.5, 0.6) is 0 Å². The van der Waals surface area contributed by atoms with Crippen molar-refractivity contribution >= 4 is 66.8 Å². The average Bonchev–Trinajstić information content (AvgIpc) is 3.77. The van der Waals surface area contributed by atoms with Crippen LogP contribution >= 0.6 is 0 Å². The summed E-state index contributed by atoms with van der Waals surface area (Å²) < 4.78 is 7.20. The molecule has 0 N–H and O–H groups in total. The Morgan fingerprint density at radius 2 is 0.657 bits per heavy atom. The van der Waals surface area contributed by atoms with E-state index >= 15 is 0 Å². The molecule has 0 fully saturated rings. The van der Waals surface area contributed by atoms with E-state index in [1.165, 1.54) is 11.1 Å². The molecule has 11 aromatic carbocycles. The van der Waals surface area contributed by atoms with E-state index in [0.29, 0.717) is 0 Å². The molecule has 0 radical (unpaired) electrons. The van der Waals surface area contributed by atoms with Crippen molar-refractivity contribution in [2.45, 2.75) is 0 Å². The average molecular weight is 857 g/mol. The van der Waals surface area contributed by atoms with Crippen molar-refractivity contribution in [1.82, 2.24) is 0 Å². The van der Waals surface area contributed by atoms with E-state index in [2.05, 4.69) is 277 Å². The van der Waals surface area contributed by atoms with Crippen LogP contribution in [0.25, 0.3) is 77.2 Å². The molecule has 0 saturated heterocycles. The maximum absolute atomic E-state index is 7.20. The fourth-order valence-corrected chi connectivity index (χ4v) is 9.59. The monoisotopic (exact) mass is 856 g/mol. The number of rotatable bonds is 10. The molecule has 0 amide bonds. The maximum atomic E-state index is 7.20. The zero-order chi connectivity index (χ0) is 44.5. The van der Waals surface area contributed by atoms with E-state index in [0.717, 1.165) is 100 Å². The second kappa shape index (κ2) is 17.2. The summed E-state index contributed by atoms with van der Waals surface area (Å²) in [5, 5.41) is 4.38. The molecule has 12 rings (SSSR count). The van der Waals surface area contributed by atoms with E-state index < -0.39 is 0 Å². The summed E-state index contributed by atoms with van der Waals surface area (Å²) in [6.07, 6.45) is 0. The quantitative estimate of drug-likeness (QED) is 0.137. The summed E-state index contributed by atoms with van der Waals surface area (Å²) >= 11 is 0. The Bertz CT molecular complexity index is 3660. The van der Waals surface area contributed by atoms with Gasteiger partial charge in [0.25, 0.3) is 0 Å². The fraction of sp³-hybridized carbons (Fsp3) is 0. The van der Waals surface area contributed by atoms with Gasteiger partial charge in [0.05, 0.1) is 17.1 Å². The molecule has 316 valence electrons. The molecule has 0 aliphatic rings. The minimum atomic E-state index is 0.805. The largest absolute Gasteiger partial charge is 0.454 e. The van der Waals surface area contributed by atoms with E-state index in [9.17, 15) is 0 Å². The van der Waals surface area contributed by atoms with Crippen LogP contribution in [-0.2, 0) is 0 Å². The molecule has 3 heteroatoms. The number of nitrogens with zero attached hydrogens (tertiary/aromatic N) is 2. The van der Waals surface area contributed by atoms with Gasteiger partial charge in [0, 0.05) is 39.0 Å². The lowest BCUT2D eigenvalue weighted by atomic mass is 9.99. The van der Waals surface area contributed by atoms with Crippen molar-refractivity contribution in [3.05, 3.63) is 267 Å². The Hall–Kier alpha value is -8.92. The van der Waals surface area contributed by atoms with Gasteiger partial charge in [0.2, 0.25) is 0 Å². The third-order valence-electron chi connectivity index (χ3n) is 12.8. The number of anilines is 6. The lowest BCUT2D eigenvalue weighted by molar-refractivity contribution is 0.669. The Balaban J connectivity index is 1.17. The van der Waals surface area contributed by atoms with Crippen molar-refractivity contribution in [3.8, 4) is 44.5 Å². The topological polar surface area (TPSA) is 19.6 Å². The first-order valence-electron chi connectivity index (χ1n) is 22.8. The first-order valence-corrected chi connectivity index (χ1v) is 22.8. The van der Waals surface area contributed by atoms with Crippen LogP contribution in [0.3, 0.4) is 0 Å². The van der Waals surface area contributed by atoms with Crippen LogP contribution in [0, 0.1) is 0 Å². The Kier molecular flexibility index (Phi) is 10.2. The lowest BCUT2D eigenvalue weighted by Gasteiger charge is -2.31. The van der Waals surface area contributed by atoms with Crippen LogP contribution in [0.2, 0.25) is 0 Å². The lowest BCUT2D eigenvalue weighted by Crippen LogP contribution is -2.15. The van der Waals surface area contributed by atoms with E-state index in [1.54, 1.807) is 0 Å². The van der Waals surface area contributed by atoms with Crippen molar-refractivity contribution in [1.29, 1.82) is 0 Å². The molecule has 1 aromatic heterocycles. The normalized spacial score (nSPS) is 11.3. The Morgan fingerprint density at radius 1 is 0.254 bits per heavy atom. The van der Waals surface area contributed by atoms with Gasteiger partial charge in [0.15, 0.2) is 5.58 Å². The van der Waals surface area contributed by atoms with E-state index in [1.807, 2.05) is 0 Å². The van der Waals surface area contributed by atoms with Crippen molar-refractivity contribution < 1.29 is 4.42 Å². The van der Waals surface area contributed by atoms with Gasteiger partial charge in [-0.05, 0) is 105 Å². The van der Waals surface area contributed by atoms with Crippen LogP contribution in [0.1, 0.15) is 0 Å². The minimum absolute atomic E-state index is 0.805. The van der Waals surface area contributed by atoms with Gasteiger partial charge >= 0.3 is 0 Å². The number of furan rings is 1. The molecule has 0 aliphatic carbocycles. The van der Waals surface area contributed by atoms with Gasteiger partial charge in [0.1, 0.15) is 5.58 Å². The third kappa shape index (κ3) is 7.49. The Morgan fingerprint density at radius 3 is 1.18 bits per heavy atom. The highest BCUT2D eigenvalue weighted by molar-refractivity contribution is 6.16. The molecule has 0 atom stereocenters. The number of benzene rings is 11. The summed E-state index contributed by atoms with van der Waals surface area (Å²) in [6, 6.07) is 95.6. The first-order chi connectivity index (χ1) is 33.2. The number of fused-ring (bicyclic) bond motifs is 4. The Labute approximate surface area is 390 Å². The molecule has 0 saturated carbocycles. The highest BCUT2D eigenvalue weighted by atomic mass is 16.3. The molecule has 67 heavy (non-hydrogen) atoms. The summed E-state index contributed by atoms with van der Waals surface area (Å²) in [4.78, 5) is 4.81. The smallest absolute Gasteiger partial charge is 0.159 e. The summed E-state index contributed by atoms with van der Waals surface area (Å²) in [5.41, 5.74) is 16.9. The number of hydrogen-bond donors (Lipinski definition) is 0. The predicted molar refractivity (Wildman–Crippen MR) is 282 cm³/mol. The summed E-state index contributed by atoms with van der Waals surface area (Å²) in [7, 11) is 0. The molecule has 0 unspecified atom stereocenters. The molecule has 12 aromatic rings. The standard InChI is InChI=1S/C64H44N2O/c1-5-19-45(20-6-1)47-33-37-53(38-34-47)65(60-31-17-15-29-56(60)49-23-9-3-10-24-49)55-43-59-58-41-51-27-13-14-28-52(51)42-63(58)67-64(59)62(44-55)66(54-39-35-48(36-40-54)46-21-7-2-8-22-46)61-32-18-16-30-57(61)50-25-11-4-12-26-50/h1-44H. The molecule has 0 aliphatic heterocycles. The maximum Gasteiger partial charge on any atom is 0.159 e. The summed E-state index contributed by atoms with van der Waals surface area (Å²) in [5.74, 6) is 0. The van der Waals surface area contributed by atoms with Gasteiger partial charge in [-0.15, -0.1) is 0 Å². The van der Waals surface area contributed by atoms with Crippen molar-refractivity contribution in [2.75, 3.05) is 9.80 Å². The molecule has 0 bridgehead atoms. The van der Waals surface area contributed by atoms with Gasteiger partial charge in [-0.25, -0.2) is 0 Å². The van der Waals surface area contributed by atoms with Gasteiger partial charge in [-0.3, -0.25) is 0 Å². The second-order valence-electron chi connectivity index (χ2n) is 16.9. The van der Waals surface area contributed by atoms with Crippen molar-refractivity contribution in [3.63, 3.8) is 0 Å². The van der Waals surface area contributed by atoms with Crippen molar-refractivity contribution in [2.24, 2.45) is 0 Å². The zero-order valence-corrected chi connectivity index (χ0v) is 36.7. The molecular formula is C64H44N2O. The molecule has 3 nitrogen and oxygen atoms in total. The molecule has 1 heterocycles. The van der Waals surface area contributed by atoms with E-state index in [4.69, 9.17) is 4.42 Å². The van der Waals surface area contributed by atoms with Gasteiger partial charge in [-0.1, -0.05) is 206 Å². The van der Waals surface area contributed by atoms with Crippen LogP contribution in [-0.4, -0.2) is 0 Å². The van der Waals surface area contributed by atoms with Crippen LogP contribution in [0.4, 0.5) is 34.1 Å². The minimum Gasteiger partial charge on any atom is -0.454 e. The molecule has 0 spiro atoms. The highest BCUT2D eigenvalue weighted by Gasteiger charge is 2.26. The predicted octanol–water partition coefficient (Wildman–Crippen LogP) is 18.3. The van der Waals surface area contributed by atoms with Gasteiger partial charge < -0.3 is 14.2 Å². The SMILES string of the molecule is c1ccc(-c2ccc(N(c3cc(N(c4ccc(-c5ccccc5)cc4)c4ccccc4-c4ccccc4)c4oc5cc6ccccc6cc5c4c3)c3ccccc3-c3ccccc3)cc2)cc1. The number of hydrogen-bond acceptors (Lipinski definition) is 3. The van der Waals surface area contributed by atoms with E-state index in [-0.39, 0.29) is 0 Å². The third-order valence-corrected chi connectivity index (χ3v) is 12.8. The fourth-order valence-electron chi connectivity index (χ4n) is 9.59. The van der Waals surface area contributed by atoms with Gasteiger partial charge in [-0.2, -0.15) is 0 Å². The van der Waals surface area contributed by atoms with Crippen LogP contribution in [0.15, 0.2) is 271 Å². The second-order valence-corrected chi connectivity index (χ2v) is 16.9. The first kappa shape index (κ1) is 39.7. The molecular weight excluding hydrogens is 813 g/mol. The summed E-state index contributed by atoms with van der Waals surface area (Å²) in [6.45, 7) is 0. The zero-order valence-electron chi connectivity index (χ0n) is 36.7. The van der Waals surface area contributed by atoms with Crippen LogP contribution < -0.4 is 9.80 Å². The highest BCUT2D eigenvalue weighted by Crippen LogP contribution is 2.50. The number of para-hydroxylation sites is 2.